The Labute approximate surface area is 123 Å². The van der Waals surface area contributed by atoms with Crippen molar-refractivity contribution in [1.29, 1.82) is 0 Å². The minimum Gasteiger partial charge on any atom is -0.322 e. The smallest absolute Gasteiger partial charge is 0.255 e. The summed E-state index contributed by atoms with van der Waals surface area (Å²) < 4.78 is 0. The van der Waals surface area contributed by atoms with Crippen LogP contribution in [-0.2, 0) is 0 Å². The molecule has 0 radical (unpaired) electrons. The summed E-state index contributed by atoms with van der Waals surface area (Å²) in [6, 6.07) is 20.8. The van der Waals surface area contributed by atoms with Gasteiger partial charge in [-0.1, -0.05) is 36.4 Å². The van der Waals surface area contributed by atoms with Crippen molar-refractivity contribution in [3.05, 3.63) is 84.7 Å². The van der Waals surface area contributed by atoms with Gasteiger partial charge in [0.05, 0.1) is 0 Å². The van der Waals surface area contributed by atoms with Crippen molar-refractivity contribution < 1.29 is 4.79 Å². The Bertz CT molecular complexity index is 722. The van der Waals surface area contributed by atoms with Gasteiger partial charge in [0, 0.05) is 23.6 Å². The molecule has 1 heterocycles. The SMILES string of the molecule is O=C(Nc1ccccc1)c1ccc(-c2cccnc2)cc1. The maximum absolute atomic E-state index is 12.1. The lowest BCUT2D eigenvalue weighted by molar-refractivity contribution is 0.102. The molecular formula is C18H14N2O. The second-order valence-corrected chi connectivity index (χ2v) is 4.64. The molecule has 0 bridgehead atoms. The van der Waals surface area contributed by atoms with Crippen LogP contribution in [-0.4, -0.2) is 10.9 Å². The second-order valence-electron chi connectivity index (χ2n) is 4.64. The molecule has 0 saturated heterocycles. The molecule has 3 aromatic rings. The minimum atomic E-state index is -0.112. The zero-order valence-electron chi connectivity index (χ0n) is 11.4. The number of aromatic nitrogens is 1. The van der Waals surface area contributed by atoms with Gasteiger partial charge in [0.25, 0.3) is 5.91 Å². The lowest BCUT2D eigenvalue weighted by atomic mass is 10.1. The summed E-state index contributed by atoms with van der Waals surface area (Å²) in [5.74, 6) is -0.112. The van der Waals surface area contributed by atoms with Gasteiger partial charge >= 0.3 is 0 Å². The Kier molecular flexibility index (Phi) is 3.74. The molecule has 102 valence electrons. The van der Waals surface area contributed by atoms with Crippen molar-refractivity contribution in [1.82, 2.24) is 4.98 Å². The Morgan fingerprint density at radius 2 is 1.57 bits per heavy atom. The van der Waals surface area contributed by atoms with Gasteiger partial charge < -0.3 is 5.32 Å². The van der Waals surface area contributed by atoms with Gasteiger partial charge in [-0.25, -0.2) is 0 Å². The zero-order valence-corrected chi connectivity index (χ0v) is 11.4. The van der Waals surface area contributed by atoms with Crippen LogP contribution in [0.1, 0.15) is 10.4 Å². The molecule has 0 aliphatic heterocycles. The first kappa shape index (κ1) is 13.1. The summed E-state index contributed by atoms with van der Waals surface area (Å²) in [5.41, 5.74) is 3.50. The molecule has 0 spiro atoms. The van der Waals surface area contributed by atoms with Crippen LogP contribution >= 0.6 is 0 Å². The number of benzene rings is 2. The van der Waals surface area contributed by atoms with Crippen LogP contribution in [0.25, 0.3) is 11.1 Å². The summed E-state index contributed by atoms with van der Waals surface area (Å²) in [5, 5.41) is 2.87. The molecule has 1 amide bonds. The molecule has 3 nitrogen and oxygen atoms in total. The van der Waals surface area contributed by atoms with Gasteiger partial charge in [0.2, 0.25) is 0 Å². The predicted octanol–water partition coefficient (Wildman–Crippen LogP) is 4.00. The lowest BCUT2D eigenvalue weighted by Crippen LogP contribution is -2.11. The number of hydrogen-bond donors (Lipinski definition) is 1. The Hall–Kier alpha value is -2.94. The standard InChI is InChI=1S/C18H14N2O/c21-18(20-17-6-2-1-3-7-17)15-10-8-14(9-11-15)16-5-4-12-19-13-16/h1-13H,(H,20,21). The van der Waals surface area contributed by atoms with E-state index in [1.165, 1.54) is 0 Å². The fourth-order valence-electron chi connectivity index (χ4n) is 2.07. The van der Waals surface area contributed by atoms with Gasteiger partial charge in [0.1, 0.15) is 0 Å². The molecule has 0 fully saturated rings. The predicted molar refractivity (Wildman–Crippen MR) is 84.1 cm³/mol. The number of nitrogens with zero attached hydrogens (tertiary/aromatic N) is 1. The van der Waals surface area contributed by atoms with E-state index in [0.29, 0.717) is 5.56 Å². The Morgan fingerprint density at radius 3 is 2.24 bits per heavy atom. The minimum absolute atomic E-state index is 0.112. The van der Waals surface area contributed by atoms with Crippen molar-refractivity contribution in [3.8, 4) is 11.1 Å². The molecule has 3 heteroatoms. The van der Waals surface area contributed by atoms with Gasteiger partial charge in [-0.2, -0.15) is 0 Å². The molecule has 0 aliphatic rings. The third-order valence-corrected chi connectivity index (χ3v) is 3.17. The van der Waals surface area contributed by atoms with Crippen molar-refractivity contribution in [2.24, 2.45) is 0 Å². The van der Waals surface area contributed by atoms with Crippen LogP contribution in [0, 0.1) is 0 Å². The number of anilines is 1. The van der Waals surface area contributed by atoms with Crippen molar-refractivity contribution in [3.63, 3.8) is 0 Å². The fourth-order valence-corrected chi connectivity index (χ4v) is 2.07. The van der Waals surface area contributed by atoms with Crippen LogP contribution < -0.4 is 5.32 Å². The lowest BCUT2D eigenvalue weighted by Gasteiger charge is -2.06. The molecule has 1 N–H and O–H groups in total. The maximum atomic E-state index is 12.1. The van der Waals surface area contributed by atoms with E-state index >= 15 is 0 Å². The van der Waals surface area contributed by atoms with Crippen LogP contribution in [0.4, 0.5) is 5.69 Å². The highest BCUT2D eigenvalue weighted by Crippen LogP contribution is 2.19. The highest BCUT2D eigenvalue weighted by atomic mass is 16.1. The van der Waals surface area contributed by atoms with E-state index in [1.54, 1.807) is 12.4 Å². The normalized spacial score (nSPS) is 10.1. The number of amides is 1. The molecule has 2 aromatic carbocycles. The van der Waals surface area contributed by atoms with E-state index in [4.69, 9.17) is 0 Å². The molecule has 21 heavy (non-hydrogen) atoms. The summed E-state index contributed by atoms with van der Waals surface area (Å²) in [4.78, 5) is 16.2. The Morgan fingerprint density at radius 1 is 0.810 bits per heavy atom. The molecule has 0 aliphatic carbocycles. The summed E-state index contributed by atoms with van der Waals surface area (Å²) >= 11 is 0. The summed E-state index contributed by atoms with van der Waals surface area (Å²) in [6.07, 6.45) is 3.55. The first-order valence-corrected chi connectivity index (χ1v) is 6.70. The van der Waals surface area contributed by atoms with Crippen LogP contribution in [0.5, 0.6) is 0 Å². The highest BCUT2D eigenvalue weighted by Gasteiger charge is 2.06. The average Bonchev–Trinajstić information content (AvgIpc) is 2.57. The second kappa shape index (κ2) is 6.01. The summed E-state index contributed by atoms with van der Waals surface area (Å²) in [6.45, 7) is 0. The first-order chi connectivity index (χ1) is 10.3. The van der Waals surface area contributed by atoms with Crippen LogP contribution in [0.15, 0.2) is 79.1 Å². The average molecular weight is 274 g/mol. The van der Waals surface area contributed by atoms with E-state index in [0.717, 1.165) is 16.8 Å². The largest absolute Gasteiger partial charge is 0.322 e. The molecule has 3 rings (SSSR count). The van der Waals surface area contributed by atoms with Gasteiger partial charge in [-0.15, -0.1) is 0 Å². The Balaban J connectivity index is 1.77. The molecule has 0 saturated carbocycles. The number of carbonyl (C=O) groups is 1. The molecular weight excluding hydrogens is 260 g/mol. The maximum Gasteiger partial charge on any atom is 0.255 e. The third-order valence-electron chi connectivity index (χ3n) is 3.17. The molecule has 0 atom stereocenters. The van der Waals surface area contributed by atoms with Gasteiger partial charge in [0.15, 0.2) is 0 Å². The van der Waals surface area contributed by atoms with Crippen LogP contribution in [0.3, 0.4) is 0 Å². The van der Waals surface area contributed by atoms with E-state index < -0.39 is 0 Å². The van der Waals surface area contributed by atoms with E-state index in [9.17, 15) is 4.79 Å². The number of carbonyl (C=O) groups excluding carboxylic acids is 1. The molecule has 0 unspecified atom stereocenters. The third kappa shape index (κ3) is 3.15. The van der Waals surface area contributed by atoms with Crippen molar-refractivity contribution in [2.75, 3.05) is 5.32 Å². The van der Waals surface area contributed by atoms with Crippen LogP contribution in [0.2, 0.25) is 0 Å². The topological polar surface area (TPSA) is 42.0 Å². The number of pyridine rings is 1. The van der Waals surface area contributed by atoms with Gasteiger partial charge in [-0.3, -0.25) is 9.78 Å². The van der Waals surface area contributed by atoms with E-state index in [2.05, 4.69) is 10.3 Å². The number of hydrogen-bond acceptors (Lipinski definition) is 2. The zero-order chi connectivity index (χ0) is 14.5. The highest BCUT2D eigenvalue weighted by molar-refractivity contribution is 6.04. The van der Waals surface area contributed by atoms with Crippen molar-refractivity contribution in [2.45, 2.75) is 0 Å². The number of para-hydroxylation sites is 1. The van der Waals surface area contributed by atoms with E-state index in [1.807, 2.05) is 66.7 Å². The first-order valence-electron chi connectivity index (χ1n) is 6.70. The monoisotopic (exact) mass is 274 g/mol. The fraction of sp³-hybridized carbons (Fsp3) is 0. The number of rotatable bonds is 3. The quantitative estimate of drug-likeness (QED) is 0.784. The summed E-state index contributed by atoms with van der Waals surface area (Å²) in [7, 11) is 0. The van der Waals surface area contributed by atoms with Gasteiger partial charge in [-0.05, 0) is 41.5 Å². The molecule has 1 aromatic heterocycles. The van der Waals surface area contributed by atoms with Crippen molar-refractivity contribution >= 4 is 11.6 Å². The number of nitrogens with one attached hydrogen (secondary N) is 1. The van der Waals surface area contributed by atoms with E-state index in [-0.39, 0.29) is 5.91 Å².